The Bertz CT molecular complexity index is 659. The van der Waals surface area contributed by atoms with Crippen LogP contribution in [0.1, 0.15) is 29.5 Å². The highest BCUT2D eigenvalue weighted by Crippen LogP contribution is 2.48. The van der Waals surface area contributed by atoms with Gasteiger partial charge in [-0.25, -0.2) is 4.39 Å². The number of amides is 1. The van der Waals surface area contributed by atoms with Gasteiger partial charge < -0.3 is 5.32 Å². The van der Waals surface area contributed by atoms with Crippen molar-refractivity contribution in [2.24, 2.45) is 0 Å². The summed E-state index contributed by atoms with van der Waals surface area (Å²) in [5.41, 5.74) is 2.74. The molecule has 0 atom stereocenters. The first kappa shape index (κ1) is 13.8. The van der Waals surface area contributed by atoms with Crippen LogP contribution in [-0.4, -0.2) is 5.91 Å². The average molecular weight is 283 g/mol. The monoisotopic (exact) mass is 283 g/mol. The number of aryl methyl sites for hydroxylation is 1. The number of nitrogens with one attached hydrogen (secondary N) is 1. The van der Waals surface area contributed by atoms with Gasteiger partial charge in [0.2, 0.25) is 5.91 Å². The minimum absolute atomic E-state index is 0.0376. The summed E-state index contributed by atoms with van der Waals surface area (Å²) in [6.45, 7) is 2.57. The highest BCUT2D eigenvalue weighted by atomic mass is 19.1. The third kappa shape index (κ3) is 2.82. The van der Waals surface area contributed by atoms with Crippen molar-refractivity contribution in [1.29, 1.82) is 0 Å². The molecular weight excluding hydrogens is 265 g/mol. The van der Waals surface area contributed by atoms with Gasteiger partial charge in [-0.2, -0.15) is 0 Å². The van der Waals surface area contributed by atoms with Crippen molar-refractivity contribution in [3.63, 3.8) is 0 Å². The van der Waals surface area contributed by atoms with Crippen molar-refractivity contribution in [3.05, 3.63) is 71.0 Å². The maximum atomic E-state index is 13.0. The molecule has 1 aliphatic carbocycles. The van der Waals surface area contributed by atoms with Crippen LogP contribution < -0.4 is 5.32 Å². The number of hydrogen-bond acceptors (Lipinski definition) is 1. The van der Waals surface area contributed by atoms with Crippen molar-refractivity contribution < 1.29 is 9.18 Å². The zero-order valence-electron chi connectivity index (χ0n) is 12.0. The van der Waals surface area contributed by atoms with Crippen molar-refractivity contribution in [2.75, 3.05) is 0 Å². The van der Waals surface area contributed by atoms with Gasteiger partial charge in [-0.3, -0.25) is 4.79 Å². The molecule has 0 heterocycles. The maximum Gasteiger partial charge on any atom is 0.230 e. The molecule has 1 amide bonds. The number of rotatable bonds is 4. The van der Waals surface area contributed by atoms with Crippen molar-refractivity contribution >= 4 is 5.91 Å². The molecule has 0 aromatic heterocycles. The predicted octanol–water partition coefficient (Wildman–Crippen LogP) is 3.48. The Hall–Kier alpha value is -2.16. The van der Waals surface area contributed by atoms with E-state index in [-0.39, 0.29) is 11.7 Å². The predicted molar refractivity (Wildman–Crippen MR) is 80.3 cm³/mol. The molecule has 0 aliphatic heterocycles. The fourth-order valence-corrected chi connectivity index (χ4v) is 2.71. The second-order valence-corrected chi connectivity index (χ2v) is 5.76. The summed E-state index contributed by atoms with van der Waals surface area (Å²) in [7, 11) is 0. The molecule has 0 spiro atoms. The summed E-state index contributed by atoms with van der Waals surface area (Å²) in [6.07, 6.45) is 1.66. The largest absolute Gasteiger partial charge is 0.351 e. The first-order valence-electron chi connectivity index (χ1n) is 7.20. The van der Waals surface area contributed by atoms with Crippen LogP contribution in [-0.2, 0) is 16.8 Å². The zero-order chi connectivity index (χ0) is 14.9. The molecular formula is C18H18FNO. The van der Waals surface area contributed by atoms with E-state index < -0.39 is 5.41 Å². The van der Waals surface area contributed by atoms with E-state index in [0.29, 0.717) is 6.54 Å². The minimum Gasteiger partial charge on any atom is -0.351 e. The van der Waals surface area contributed by atoms with Gasteiger partial charge in [-0.15, -0.1) is 0 Å². The summed E-state index contributed by atoms with van der Waals surface area (Å²) in [6, 6.07) is 14.4. The van der Waals surface area contributed by atoms with E-state index >= 15 is 0 Å². The fourth-order valence-electron chi connectivity index (χ4n) is 2.71. The maximum absolute atomic E-state index is 13.0. The Balaban J connectivity index is 1.69. The van der Waals surface area contributed by atoms with E-state index in [2.05, 4.69) is 11.4 Å². The smallest absolute Gasteiger partial charge is 0.230 e. The lowest BCUT2D eigenvalue weighted by atomic mass is 9.95. The molecule has 3 rings (SSSR count). The molecule has 108 valence electrons. The summed E-state index contributed by atoms with van der Waals surface area (Å²) in [5, 5.41) is 3.01. The molecule has 3 heteroatoms. The Kier molecular flexibility index (Phi) is 3.50. The van der Waals surface area contributed by atoms with Crippen LogP contribution in [0.15, 0.2) is 48.5 Å². The lowest BCUT2D eigenvalue weighted by molar-refractivity contribution is -0.123. The van der Waals surface area contributed by atoms with E-state index in [9.17, 15) is 9.18 Å². The molecule has 0 saturated heterocycles. The molecule has 0 bridgehead atoms. The van der Waals surface area contributed by atoms with E-state index in [1.807, 2.05) is 25.1 Å². The van der Waals surface area contributed by atoms with Gasteiger partial charge in [-0.05, 0) is 43.0 Å². The molecule has 0 radical (unpaired) electrons. The molecule has 2 aromatic rings. The molecule has 1 saturated carbocycles. The number of carbonyl (C=O) groups is 1. The van der Waals surface area contributed by atoms with E-state index in [4.69, 9.17) is 0 Å². The van der Waals surface area contributed by atoms with Crippen LogP contribution in [0.4, 0.5) is 4.39 Å². The molecule has 1 aliphatic rings. The normalized spacial score (nSPS) is 15.5. The van der Waals surface area contributed by atoms with Gasteiger partial charge in [-0.1, -0.05) is 42.0 Å². The lowest BCUT2D eigenvalue weighted by Gasteiger charge is -2.16. The van der Waals surface area contributed by atoms with E-state index in [0.717, 1.165) is 24.0 Å². The quantitative estimate of drug-likeness (QED) is 0.914. The van der Waals surface area contributed by atoms with Crippen LogP contribution in [0.25, 0.3) is 0 Å². The molecule has 2 nitrogen and oxygen atoms in total. The van der Waals surface area contributed by atoms with E-state index in [1.54, 1.807) is 12.1 Å². The molecule has 1 N–H and O–H groups in total. The number of benzene rings is 2. The summed E-state index contributed by atoms with van der Waals surface area (Å²) in [4.78, 5) is 12.5. The third-order valence-electron chi connectivity index (χ3n) is 4.12. The third-order valence-corrected chi connectivity index (χ3v) is 4.12. The number of carbonyl (C=O) groups excluding carboxylic acids is 1. The van der Waals surface area contributed by atoms with E-state index in [1.165, 1.54) is 17.7 Å². The highest BCUT2D eigenvalue weighted by molar-refractivity contribution is 5.91. The molecule has 0 unspecified atom stereocenters. The van der Waals surface area contributed by atoms with Gasteiger partial charge in [0.25, 0.3) is 0 Å². The summed E-state index contributed by atoms with van der Waals surface area (Å²) in [5.74, 6) is -0.231. The van der Waals surface area contributed by atoms with Gasteiger partial charge in [0, 0.05) is 6.54 Å². The average Bonchev–Trinajstić information content (AvgIpc) is 3.27. The number of halogens is 1. The first-order chi connectivity index (χ1) is 10.1. The Morgan fingerprint density at radius 2 is 1.90 bits per heavy atom. The zero-order valence-corrected chi connectivity index (χ0v) is 12.0. The van der Waals surface area contributed by atoms with Crippen molar-refractivity contribution in [1.82, 2.24) is 5.32 Å². The topological polar surface area (TPSA) is 29.1 Å². The fraction of sp³-hybridized carbons (Fsp3) is 0.278. The second kappa shape index (κ2) is 5.32. The van der Waals surface area contributed by atoms with Gasteiger partial charge >= 0.3 is 0 Å². The lowest BCUT2D eigenvalue weighted by Crippen LogP contribution is -2.34. The first-order valence-corrected chi connectivity index (χ1v) is 7.20. The van der Waals surface area contributed by atoms with Gasteiger partial charge in [0.15, 0.2) is 0 Å². The summed E-state index contributed by atoms with van der Waals surface area (Å²) >= 11 is 0. The van der Waals surface area contributed by atoms with Crippen molar-refractivity contribution in [3.8, 4) is 0 Å². The molecule has 1 fully saturated rings. The SMILES string of the molecule is Cc1cccc(CNC(=O)C2(c3ccc(F)cc3)CC2)c1. The van der Waals surface area contributed by atoms with Crippen molar-refractivity contribution in [2.45, 2.75) is 31.7 Å². The Morgan fingerprint density at radius 1 is 1.19 bits per heavy atom. The minimum atomic E-state index is -0.447. The molecule has 2 aromatic carbocycles. The number of hydrogen-bond donors (Lipinski definition) is 1. The van der Waals surface area contributed by atoms with Crippen LogP contribution in [0.5, 0.6) is 0 Å². The van der Waals surface area contributed by atoms with Gasteiger partial charge in [0.1, 0.15) is 5.82 Å². The van der Waals surface area contributed by atoms with Gasteiger partial charge in [0.05, 0.1) is 5.41 Å². The molecule has 21 heavy (non-hydrogen) atoms. The Morgan fingerprint density at radius 3 is 2.52 bits per heavy atom. The Labute approximate surface area is 124 Å². The highest BCUT2D eigenvalue weighted by Gasteiger charge is 2.51. The van der Waals surface area contributed by atoms with Crippen LogP contribution >= 0.6 is 0 Å². The van der Waals surface area contributed by atoms with Crippen LogP contribution in [0.3, 0.4) is 0 Å². The standard InChI is InChI=1S/C18H18FNO/c1-13-3-2-4-14(11-13)12-20-17(21)18(9-10-18)15-5-7-16(19)8-6-15/h2-8,11H,9-10,12H2,1H3,(H,20,21). The second-order valence-electron chi connectivity index (χ2n) is 5.76. The van der Waals surface area contributed by atoms with Crippen LogP contribution in [0.2, 0.25) is 0 Å². The summed E-state index contributed by atoms with van der Waals surface area (Å²) < 4.78 is 13.0. The van der Waals surface area contributed by atoms with Crippen LogP contribution in [0, 0.1) is 12.7 Å².